The van der Waals surface area contributed by atoms with Crippen molar-refractivity contribution in [2.45, 2.75) is 380 Å². The molecule has 0 aromatic carbocycles. The summed E-state index contributed by atoms with van der Waals surface area (Å²) < 4.78 is 122. The molecule has 54 atom stereocenters. The molecule has 0 radical (unpaired) electrons. The van der Waals surface area contributed by atoms with E-state index in [1.54, 1.807) is 0 Å². The van der Waals surface area contributed by atoms with Gasteiger partial charge in [-0.05, 0) is 0 Å². The van der Waals surface area contributed by atoms with Gasteiger partial charge in [-0.1, -0.05) is 0 Å². The van der Waals surface area contributed by atoms with E-state index in [1.165, 1.54) is 0 Å². The fraction of sp³-hybridized carbons (Fsp3) is 0.912. The Labute approximate surface area is 811 Å². The number of hydrogen-bond acceptors (Lipinski definition) is 56. The zero-order valence-corrected chi connectivity index (χ0v) is 77.7. The van der Waals surface area contributed by atoms with Gasteiger partial charge >= 0.3 is 0 Å². The van der Waals surface area contributed by atoms with E-state index < -0.39 is 452 Å². The van der Waals surface area contributed by atoms with Crippen LogP contribution in [0.2, 0.25) is 0 Å². The number of hydrogen-bond donors (Lipinski definition) is 36. The highest BCUT2D eigenvalue weighted by molar-refractivity contribution is 5.75. The van der Waals surface area contributed by atoms with Crippen LogP contribution in [-0.2, 0) is 128 Å². The highest BCUT2D eigenvalue weighted by atomic mass is 16.8. The predicted octanol–water partition coefficient (Wildman–Crippen LogP) is -24.3. The lowest BCUT2D eigenvalue weighted by atomic mass is 9.93. The minimum atomic E-state index is -2.80. The minimum absolute atomic E-state index is 0.843. The zero-order chi connectivity index (χ0) is 106. The second kappa shape index (κ2) is 53.4. The lowest BCUT2D eigenvalue weighted by Crippen LogP contribution is -2.71. The Balaban J connectivity index is 1.08. The molecule has 7 amide bonds. The van der Waals surface area contributed by atoms with Crippen LogP contribution in [0.25, 0.3) is 0 Å². The van der Waals surface area contributed by atoms with Gasteiger partial charge in [0.2, 0.25) is 41.4 Å². The summed E-state index contributed by atoms with van der Waals surface area (Å²) in [5, 5.41) is 347. The zero-order valence-electron chi connectivity index (χ0n) is 77.7. The molecule has 0 unspecified atom stereocenters. The van der Waals surface area contributed by atoms with Gasteiger partial charge < -0.3 is 280 Å². The van der Waals surface area contributed by atoms with Crippen molar-refractivity contribution in [2.75, 3.05) is 79.3 Å². The number of nitrogens with one attached hydrogen (secondary N) is 7. The van der Waals surface area contributed by atoms with Crippen molar-refractivity contribution >= 4 is 41.4 Å². The van der Waals surface area contributed by atoms with E-state index in [0.717, 1.165) is 48.5 Å². The van der Waals surface area contributed by atoms with E-state index in [-0.39, 0.29) is 0 Å². The van der Waals surface area contributed by atoms with E-state index in [9.17, 15) is 182 Å². The third-order valence-corrected chi connectivity index (χ3v) is 25.4. The predicted molar refractivity (Wildman–Crippen MR) is 446 cm³/mol. The molecule has 0 aromatic rings. The molecular weight excluding hydrogens is 1950 g/mol. The van der Waals surface area contributed by atoms with Gasteiger partial charge in [0.25, 0.3) is 0 Å². The molecule has 0 spiro atoms. The second-order valence-corrected chi connectivity index (χ2v) is 35.8. The largest absolute Gasteiger partial charge is 0.394 e. The van der Waals surface area contributed by atoms with Gasteiger partial charge in [-0.15, -0.1) is 0 Å². The van der Waals surface area contributed by atoms with Crippen molar-refractivity contribution in [3.63, 3.8) is 0 Å². The number of aliphatic hydroxyl groups excluding tert-OH is 29. The summed E-state index contributed by atoms with van der Waals surface area (Å²) in [4.78, 5) is 89.8. The summed E-state index contributed by atoms with van der Waals surface area (Å²) in [7, 11) is 0. The van der Waals surface area contributed by atoms with Gasteiger partial charge in [0.1, 0.15) is 262 Å². The first-order chi connectivity index (χ1) is 67.6. The van der Waals surface area contributed by atoms with E-state index >= 15 is 0 Å². The van der Waals surface area contributed by atoms with Crippen LogP contribution >= 0.6 is 0 Å². The quantitative estimate of drug-likeness (QED) is 0.0270. The van der Waals surface area contributed by atoms with E-state index in [2.05, 4.69) is 37.2 Å². The third-order valence-electron chi connectivity index (χ3n) is 25.4. The number of rotatable bonds is 42. The average molecular weight is 2090 g/mol. The highest BCUT2D eigenvalue weighted by Gasteiger charge is 2.63. The molecule has 0 bridgehead atoms. The van der Waals surface area contributed by atoms with Crippen LogP contribution in [0.3, 0.4) is 0 Å². The smallest absolute Gasteiger partial charge is 0.217 e. The molecule has 143 heavy (non-hydrogen) atoms. The highest BCUT2D eigenvalue weighted by Crippen LogP contribution is 2.42. The Morgan fingerprint density at radius 3 is 0.853 bits per heavy atom. The number of carbonyl (C=O) groups is 7. The fourth-order valence-electron chi connectivity index (χ4n) is 18.1. The number of amides is 7. The Bertz CT molecular complexity index is 3990. The SMILES string of the molecule is CC(=O)N[C@H]1[C@H](O[C@@H]([C@H](O)[C@H](CO)NC(C)=O)[C@H](O)CO)O[C@H](CO)[C@@H](O[C@@H]2O[C@H](CO[C@H]3O[C@H](CO[C@@H]4O[C@H](CO)[C@@H](O)[C@H](O)[C@H]4NC(C)=O)[C@@H](O)[C@H](O)[C@@H]3O[C@@H]3O[C@H](CO)[C@@H](O)[C@H](O)[C@H]3NC(C)=O)[C@@H](O)[C@H](O[C@H]3O[C@H](CO)[C@@H](O[C@@H]4O[C@H](CO)[C@@H](O)[C@H](O)[C@H]4NC(C)=O)[C@H](O)[C@@H]3O[C@@H]3O[C@H](CO)[C@@H](O[C@@H]4O[C@H](CO)[C@H](O)[C@H](O[C@@H]5O[C@H](CO)[C@@H](O)[C@H](O)[C@H]5NC(C)=O)[C@H]4O)[C@H](O)[C@H]3NC(C)=O)[C@@H]2O)[C@@H]1O. The van der Waals surface area contributed by atoms with Crippen LogP contribution in [0.5, 0.6) is 0 Å². The van der Waals surface area contributed by atoms with Crippen molar-refractivity contribution in [1.82, 2.24) is 37.2 Å². The van der Waals surface area contributed by atoms with Gasteiger partial charge in [-0.25, -0.2) is 0 Å². The summed E-state index contributed by atoms with van der Waals surface area (Å²) in [6.45, 7) is -7.77. The molecule has 10 fully saturated rings. The summed E-state index contributed by atoms with van der Waals surface area (Å²) in [5.41, 5.74) is 0. The second-order valence-electron chi connectivity index (χ2n) is 35.8. The van der Waals surface area contributed by atoms with Crippen LogP contribution in [0.15, 0.2) is 0 Å². The maximum atomic E-state index is 13.6. The summed E-state index contributed by atoms with van der Waals surface area (Å²) in [6.07, 6.45) is -105. The standard InChI is InChI=1S/C80H135N7O56/c1-20(98)81-27(8-88)45(106)63(28(105)9-89)136-75-43(86-25(6)103)57(118)65(34(15-95)131-75)139-78-62(123)68(52(113)38(134-78)19-125-79-69(142-74-42(85-24(5)102)56(117)49(110)32(13-93)129-74)59(120)50(111)37(135-79)18-124-71-39(82-21(2)99)53(114)46(107)29(10-90)126-71)141-80-70(60(121)66(36(17-97)133-80)137-72-40(83-22(3)100)54(115)47(108)30(11-91)127-72)143-76-44(87-26(7)104)58(119)64(35(16-96)132-76)138-77-61(122)67(51(112)33(14-94)130-77)140-73-41(84-23(4)101)55(116)48(109)31(12-92)128-73/h27-80,88-97,105-123H,8-19H2,1-7H3,(H,81,98)(H,82,99)(H,83,100)(H,84,101)(H,85,102)(H,86,103)(H,87,104)/t27-,28+,29+,30+,31+,32+,33+,34+,35+,36+,37+,38+,39+,40+,41+,42+,43+,44+,45+,46+,47+,48+,49+,50+,51-,52+,53+,54+,55+,56+,57+,58+,59-,60-,61+,62-,63+,64+,65+,66+,67-,68-,69-,70-,71+,72-,73-,74-,75-,76-,77-,78-,79-,80+/m0/s1. The fourth-order valence-corrected chi connectivity index (χ4v) is 18.1. The Morgan fingerprint density at radius 1 is 0.238 bits per heavy atom. The maximum absolute atomic E-state index is 13.6. The molecular formula is C80H135N7O56. The molecule has 36 N–H and O–H groups in total. The van der Waals surface area contributed by atoms with E-state index in [4.69, 9.17) is 94.7 Å². The monoisotopic (exact) mass is 2090 g/mol. The maximum Gasteiger partial charge on any atom is 0.217 e. The van der Waals surface area contributed by atoms with Gasteiger partial charge in [0, 0.05) is 48.5 Å². The van der Waals surface area contributed by atoms with Crippen molar-refractivity contribution < 1.29 is 276 Å². The summed E-state index contributed by atoms with van der Waals surface area (Å²) >= 11 is 0. The number of aliphatic hydroxyl groups is 29. The van der Waals surface area contributed by atoms with Crippen LogP contribution in [0.4, 0.5) is 0 Å². The van der Waals surface area contributed by atoms with Crippen molar-refractivity contribution in [1.29, 1.82) is 0 Å². The molecule has 0 aromatic heterocycles. The first-order valence-electron chi connectivity index (χ1n) is 45.5. The van der Waals surface area contributed by atoms with Crippen molar-refractivity contribution in [3.05, 3.63) is 0 Å². The molecule has 10 rings (SSSR count). The van der Waals surface area contributed by atoms with Gasteiger partial charge in [-0.3, -0.25) is 33.6 Å². The first-order valence-corrected chi connectivity index (χ1v) is 45.5. The molecule has 10 heterocycles. The van der Waals surface area contributed by atoms with Crippen LogP contribution < -0.4 is 37.2 Å². The normalized spacial score (nSPS) is 44.9. The number of carbonyl (C=O) groups excluding carboxylic acids is 7. The summed E-state index contributed by atoms with van der Waals surface area (Å²) in [6, 6.07) is -13.3. The molecule has 0 saturated carbocycles. The molecule has 826 valence electrons. The Hall–Kier alpha value is -5.67. The van der Waals surface area contributed by atoms with Crippen LogP contribution in [-0.4, -0.2) is 600 Å². The van der Waals surface area contributed by atoms with Gasteiger partial charge in [0.05, 0.1) is 85.3 Å². The molecule has 63 nitrogen and oxygen atoms in total. The van der Waals surface area contributed by atoms with E-state index in [1.807, 2.05) is 0 Å². The summed E-state index contributed by atoms with van der Waals surface area (Å²) in [5.74, 6) is -6.64. The van der Waals surface area contributed by atoms with Gasteiger partial charge in [-0.2, -0.15) is 0 Å². The minimum Gasteiger partial charge on any atom is -0.394 e. The van der Waals surface area contributed by atoms with Crippen molar-refractivity contribution in [3.8, 4) is 0 Å². The molecule has 10 saturated heterocycles. The first kappa shape index (κ1) is 119. The van der Waals surface area contributed by atoms with Gasteiger partial charge in [0.15, 0.2) is 62.9 Å². The van der Waals surface area contributed by atoms with Crippen molar-refractivity contribution in [2.24, 2.45) is 0 Å². The van der Waals surface area contributed by atoms with Crippen LogP contribution in [0, 0.1) is 0 Å². The lowest BCUT2D eigenvalue weighted by molar-refractivity contribution is -0.406. The van der Waals surface area contributed by atoms with E-state index in [0.29, 0.717) is 0 Å². The third kappa shape index (κ3) is 28.0. The lowest BCUT2D eigenvalue weighted by Gasteiger charge is -2.52. The molecule has 63 heteroatoms. The molecule has 0 aliphatic carbocycles. The Kier molecular flexibility index (Phi) is 44.5. The Morgan fingerprint density at radius 2 is 0.490 bits per heavy atom. The molecule has 10 aliphatic rings. The molecule has 10 aliphatic heterocycles. The van der Waals surface area contributed by atoms with Crippen LogP contribution in [0.1, 0.15) is 48.5 Å². The topological polar surface area (TPSA) is 975 Å². The average Bonchev–Trinajstić information content (AvgIpc) is 0.761. The number of ether oxygens (including phenoxy) is 20.